The van der Waals surface area contributed by atoms with E-state index in [1.54, 1.807) is 19.1 Å². The Kier molecular flexibility index (Phi) is 6.37. The van der Waals surface area contributed by atoms with E-state index in [4.69, 9.17) is 10.00 Å². The highest BCUT2D eigenvalue weighted by molar-refractivity contribution is 9.10. The van der Waals surface area contributed by atoms with Crippen LogP contribution >= 0.6 is 15.9 Å². The van der Waals surface area contributed by atoms with E-state index in [-0.39, 0.29) is 5.91 Å². The standard InChI is InChI=1S/C14H17BrN2O2/c1-17(9-3-8-16)14(18)7-4-11-10-12(15)5-6-13(11)19-2/h5-6,10H,3-4,7,9H2,1-2H3. The molecule has 1 aromatic carbocycles. The lowest BCUT2D eigenvalue weighted by Gasteiger charge is -2.16. The van der Waals surface area contributed by atoms with Crippen molar-refractivity contribution >= 4 is 21.8 Å². The lowest BCUT2D eigenvalue weighted by molar-refractivity contribution is -0.129. The second-order valence-corrected chi connectivity index (χ2v) is 5.10. The quantitative estimate of drug-likeness (QED) is 0.808. The summed E-state index contributed by atoms with van der Waals surface area (Å²) in [4.78, 5) is 13.5. The average molecular weight is 325 g/mol. The van der Waals surface area contributed by atoms with Crippen molar-refractivity contribution in [1.29, 1.82) is 5.26 Å². The molecule has 102 valence electrons. The van der Waals surface area contributed by atoms with Crippen LogP contribution in [0.15, 0.2) is 22.7 Å². The Labute approximate surface area is 122 Å². The van der Waals surface area contributed by atoms with Gasteiger partial charge >= 0.3 is 0 Å². The number of benzene rings is 1. The molecule has 0 saturated carbocycles. The van der Waals surface area contributed by atoms with E-state index in [9.17, 15) is 4.79 Å². The maximum Gasteiger partial charge on any atom is 0.222 e. The number of rotatable bonds is 6. The van der Waals surface area contributed by atoms with E-state index in [2.05, 4.69) is 15.9 Å². The lowest BCUT2D eigenvalue weighted by atomic mass is 10.1. The molecule has 0 spiro atoms. The summed E-state index contributed by atoms with van der Waals surface area (Å²) in [6, 6.07) is 7.78. The number of carbonyl (C=O) groups excluding carboxylic acids is 1. The van der Waals surface area contributed by atoms with Crippen LogP contribution in [0.5, 0.6) is 5.75 Å². The molecule has 4 nitrogen and oxygen atoms in total. The first-order chi connectivity index (χ1) is 9.08. The first kappa shape index (κ1) is 15.5. The molecule has 0 aliphatic carbocycles. The molecule has 0 aliphatic rings. The summed E-state index contributed by atoms with van der Waals surface area (Å²) in [5.41, 5.74) is 0.999. The maximum atomic E-state index is 11.9. The number of carbonyl (C=O) groups is 1. The second-order valence-electron chi connectivity index (χ2n) is 4.18. The topological polar surface area (TPSA) is 53.3 Å². The first-order valence-electron chi connectivity index (χ1n) is 6.01. The number of hydrogen-bond donors (Lipinski definition) is 0. The Balaban J connectivity index is 2.59. The Morgan fingerprint density at radius 3 is 2.89 bits per heavy atom. The highest BCUT2D eigenvalue weighted by Crippen LogP contribution is 2.24. The molecule has 0 bridgehead atoms. The molecule has 1 rings (SSSR count). The van der Waals surface area contributed by atoms with Crippen LogP contribution in [0.1, 0.15) is 18.4 Å². The van der Waals surface area contributed by atoms with E-state index in [0.717, 1.165) is 15.8 Å². The van der Waals surface area contributed by atoms with Gasteiger partial charge in [-0.3, -0.25) is 4.79 Å². The van der Waals surface area contributed by atoms with Crippen LogP contribution < -0.4 is 4.74 Å². The van der Waals surface area contributed by atoms with Crippen molar-refractivity contribution in [2.75, 3.05) is 20.7 Å². The zero-order valence-corrected chi connectivity index (χ0v) is 12.7. The van der Waals surface area contributed by atoms with E-state index in [1.807, 2.05) is 24.3 Å². The van der Waals surface area contributed by atoms with Gasteiger partial charge in [0.2, 0.25) is 5.91 Å². The zero-order valence-electron chi connectivity index (χ0n) is 11.1. The van der Waals surface area contributed by atoms with Crippen LogP contribution in [-0.2, 0) is 11.2 Å². The van der Waals surface area contributed by atoms with Crippen molar-refractivity contribution in [3.63, 3.8) is 0 Å². The number of methoxy groups -OCH3 is 1. The van der Waals surface area contributed by atoms with Gasteiger partial charge in [0.25, 0.3) is 0 Å². The summed E-state index contributed by atoms with van der Waals surface area (Å²) in [7, 11) is 3.34. The van der Waals surface area contributed by atoms with Crippen LogP contribution in [0.4, 0.5) is 0 Å². The first-order valence-corrected chi connectivity index (χ1v) is 6.81. The summed E-state index contributed by atoms with van der Waals surface area (Å²) < 4.78 is 6.24. The molecule has 0 aromatic heterocycles. The van der Waals surface area contributed by atoms with Crippen LogP contribution in [0.25, 0.3) is 0 Å². The molecule has 0 aliphatic heterocycles. The molecule has 0 saturated heterocycles. The third-order valence-electron chi connectivity index (χ3n) is 2.84. The molecular formula is C14H17BrN2O2. The maximum absolute atomic E-state index is 11.9. The van der Waals surface area contributed by atoms with Crippen molar-refractivity contribution in [2.24, 2.45) is 0 Å². The van der Waals surface area contributed by atoms with E-state index in [0.29, 0.717) is 25.8 Å². The van der Waals surface area contributed by atoms with Gasteiger partial charge in [0.05, 0.1) is 19.6 Å². The van der Waals surface area contributed by atoms with Gasteiger partial charge in [-0.1, -0.05) is 15.9 Å². The van der Waals surface area contributed by atoms with Gasteiger partial charge < -0.3 is 9.64 Å². The van der Waals surface area contributed by atoms with Crippen LogP contribution in [-0.4, -0.2) is 31.5 Å². The Morgan fingerprint density at radius 2 is 2.26 bits per heavy atom. The highest BCUT2D eigenvalue weighted by atomic mass is 79.9. The van der Waals surface area contributed by atoms with Gasteiger partial charge in [0.1, 0.15) is 5.75 Å². The van der Waals surface area contributed by atoms with E-state index < -0.39 is 0 Å². The van der Waals surface area contributed by atoms with Crippen molar-refractivity contribution in [3.8, 4) is 11.8 Å². The number of ether oxygens (including phenoxy) is 1. The minimum atomic E-state index is 0.0391. The monoisotopic (exact) mass is 324 g/mol. The molecule has 0 N–H and O–H groups in total. The molecule has 0 atom stereocenters. The molecule has 5 heteroatoms. The predicted molar refractivity (Wildman–Crippen MR) is 76.9 cm³/mol. The van der Waals surface area contributed by atoms with Gasteiger partial charge in [-0.05, 0) is 30.2 Å². The van der Waals surface area contributed by atoms with Crippen LogP contribution in [0, 0.1) is 11.3 Å². The van der Waals surface area contributed by atoms with E-state index >= 15 is 0 Å². The Morgan fingerprint density at radius 1 is 1.53 bits per heavy atom. The summed E-state index contributed by atoms with van der Waals surface area (Å²) in [5.74, 6) is 0.827. The normalized spacial score (nSPS) is 9.79. The van der Waals surface area contributed by atoms with Crippen molar-refractivity contribution in [2.45, 2.75) is 19.3 Å². The molecule has 0 heterocycles. The van der Waals surface area contributed by atoms with E-state index in [1.165, 1.54) is 0 Å². The number of nitrogens with zero attached hydrogens (tertiary/aromatic N) is 2. The fourth-order valence-corrected chi connectivity index (χ4v) is 2.13. The third-order valence-corrected chi connectivity index (χ3v) is 3.33. The lowest BCUT2D eigenvalue weighted by Crippen LogP contribution is -2.27. The number of hydrogen-bond acceptors (Lipinski definition) is 3. The summed E-state index contributed by atoms with van der Waals surface area (Å²) in [6.45, 7) is 0.477. The molecule has 1 aromatic rings. The second kappa shape index (κ2) is 7.80. The summed E-state index contributed by atoms with van der Waals surface area (Å²) in [5, 5.41) is 8.49. The Hall–Kier alpha value is -1.54. The van der Waals surface area contributed by atoms with Crippen molar-refractivity contribution in [1.82, 2.24) is 4.90 Å². The SMILES string of the molecule is COc1ccc(Br)cc1CCC(=O)N(C)CCC#N. The summed E-state index contributed by atoms with van der Waals surface area (Å²) in [6.07, 6.45) is 1.40. The minimum Gasteiger partial charge on any atom is -0.496 e. The van der Waals surface area contributed by atoms with Gasteiger partial charge in [-0.25, -0.2) is 0 Å². The average Bonchev–Trinajstić information content (AvgIpc) is 2.42. The highest BCUT2D eigenvalue weighted by Gasteiger charge is 2.11. The Bertz CT molecular complexity index is 483. The zero-order chi connectivity index (χ0) is 14.3. The van der Waals surface area contributed by atoms with Crippen molar-refractivity contribution in [3.05, 3.63) is 28.2 Å². The number of nitriles is 1. The van der Waals surface area contributed by atoms with Gasteiger partial charge in [-0.2, -0.15) is 5.26 Å². The molecule has 19 heavy (non-hydrogen) atoms. The van der Waals surface area contributed by atoms with Gasteiger partial charge in [0.15, 0.2) is 0 Å². The number of halogens is 1. The smallest absolute Gasteiger partial charge is 0.222 e. The molecule has 0 radical (unpaired) electrons. The fourth-order valence-electron chi connectivity index (χ4n) is 1.72. The fraction of sp³-hybridized carbons (Fsp3) is 0.429. The number of amides is 1. The molecular weight excluding hydrogens is 308 g/mol. The minimum absolute atomic E-state index is 0.0391. The third kappa shape index (κ3) is 4.92. The van der Waals surface area contributed by atoms with Crippen LogP contribution in [0.3, 0.4) is 0 Å². The molecule has 0 unspecified atom stereocenters. The number of aryl methyl sites for hydroxylation is 1. The molecule has 0 fully saturated rings. The largest absolute Gasteiger partial charge is 0.496 e. The van der Waals surface area contributed by atoms with Crippen LogP contribution in [0.2, 0.25) is 0 Å². The predicted octanol–water partition coefficient (Wildman–Crippen LogP) is 2.76. The molecule has 1 amide bonds. The van der Waals surface area contributed by atoms with Gasteiger partial charge in [-0.15, -0.1) is 0 Å². The summed E-state index contributed by atoms with van der Waals surface area (Å²) >= 11 is 3.41. The van der Waals surface area contributed by atoms with Gasteiger partial charge in [0, 0.05) is 24.5 Å². The van der Waals surface area contributed by atoms with Crippen molar-refractivity contribution < 1.29 is 9.53 Å².